The lowest BCUT2D eigenvalue weighted by Gasteiger charge is -2.62. The third-order valence-corrected chi connectivity index (χ3v) is 9.34. The Morgan fingerprint density at radius 1 is 0.931 bits per heavy atom. The maximum Gasteiger partial charge on any atom is 0.158 e. The maximum absolute atomic E-state index is 11.1. The quantitative estimate of drug-likeness (QED) is 0.683. The Morgan fingerprint density at radius 2 is 1.72 bits per heavy atom. The van der Waals surface area contributed by atoms with Crippen molar-refractivity contribution < 1.29 is 24.1 Å². The first-order chi connectivity index (χ1) is 14.0. The summed E-state index contributed by atoms with van der Waals surface area (Å²) in [7, 11) is 0. The highest BCUT2D eigenvalue weighted by atomic mass is 16.7. The van der Waals surface area contributed by atoms with E-state index in [-0.39, 0.29) is 23.4 Å². The molecule has 1 aliphatic heterocycles. The van der Waals surface area contributed by atoms with E-state index in [0.29, 0.717) is 29.8 Å². The van der Waals surface area contributed by atoms with Crippen LogP contribution < -0.4 is 0 Å². The van der Waals surface area contributed by atoms with E-state index in [0.717, 1.165) is 51.6 Å². The van der Waals surface area contributed by atoms with Crippen LogP contribution in [0.1, 0.15) is 57.8 Å². The van der Waals surface area contributed by atoms with Crippen LogP contribution in [0.5, 0.6) is 0 Å². The fourth-order valence-corrected chi connectivity index (χ4v) is 8.70. The van der Waals surface area contributed by atoms with Crippen molar-refractivity contribution in [1.82, 2.24) is 0 Å². The van der Waals surface area contributed by atoms with E-state index in [1.807, 2.05) is 0 Å². The molecule has 1 heterocycles. The van der Waals surface area contributed by atoms with Gasteiger partial charge in [0, 0.05) is 18.3 Å². The third-order valence-electron chi connectivity index (χ3n) is 9.34. The molecule has 29 heavy (non-hydrogen) atoms. The van der Waals surface area contributed by atoms with Crippen LogP contribution in [-0.4, -0.2) is 41.4 Å². The lowest BCUT2D eigenvalue weighted by molar-refractivity contribution is -0.272. The summed E-state index contributed by atoms with van der Waals surface area (Å²) in [4.78, 5) is 0. The third kappa shape index (κ3) is 2.76. The molecule has 7 fully saturated rings. The van der Waals surface area contributed by atoms with Gasteiger partial charge in [0.25, 0.3) is 0 Å². The molecule has 6 bridgehead atoms. The van der Waals surface area contributed by atoms with Crippen molar-refractivity contribution in [2.24, 2.45) is 29.1 Å². The van der Waals surface area contributed by atoms with Gasteiger partial charge in [-0.05, 0) is 68.6 Å². The van der Waals surface area contributed by atoms with E-state index in [1.54, 1.807) is 12.5 Å². The fourth-order valence-electron chi connectivity index (χ4n) is 8.70. The molecule has 0 radical (unpaired) electrons. The topological polar surface area (TPSA) is 57.2 Å². The van der Waals surface area contributed by atoms with Gasteiger partial charge in [-0.3, -0.25) is 0 Å². The van der Waals surface area contributed by atoms with Crippen molar-refractivity contribution in [3.05, 3.63) is 25.7 Å². The van der Waals surface area contributed by atoms with Crippen molar-refractivity contribution in [3.8, 4) is 0 Å². The standard InChI is InChI=1S/C24H34O5/c1-3-26-19-6-18-5-15(19)7-22(18)12-20(27-14-22)29-21-16-8-23(25)9-17(21)11-24(10-16,13-23)28-4-2/h3-4,15-21,25H,1-2,5-14H2. The Hall–Kier alpha value is -1.04. The van der Waals surface area contributed by atoms with Crippen molar-refractivity contribution in [3.63, 3.8) is 0 Å². The summed E-state index contributed by atoms with van der Waals surface area (Å²) in [5, 5.41) is 11.1. The summed E-state index contributed by atoms with van der Waals surface area (Å²) in [6.07, 6.45) is 12.6. The molecule has 1 N–H and O–H groups in total. The zero-order valence-corrected chi connectivity index (χ0v) is 17.3. The predicted molar refractivity (Wildman–Crippen MR) is 107 cm³/mol. The Bertz CT molecular complexity index is 689. The van der Waals surface area contributed by atoms with Crippen LogP contribution >= 0.6 is 0 Å². The Balaban J connectivity index is 1.12. The first kappa shape index (κ1) is 18.7. The van der Waals surface area contributed by atoms with Crippen LogP contribution in [0.2, 0.25) is 0 Å². The summed E-state index contributed by atoms with van der Waals surface area (Å²) >= 11 is 0. The predicted octanol–water partition coefficient (Wildman–Crippen LogP) is 3.92. The molecule has 1 saturated heterocycles. The summed E-state index contributed by atoms with van der Waals surface area (Å²) in [6.45, 7) is 8.33. The van der Waals surface area contributed by atoms with Crippen LogP contribution in [0.15, 0.2) is 25.7 Å². The molecule has 6 saturated carbocycles. The van der Waals surface area contributed by atoms with Crippen LogP contribution in [0.25, 0.3) is 0 Å². The van der Waals surface area contributed by atoms with Gasteiger partial charge in [0.1, 0.15) is 11.7 Å². The molecular weight excluding hydrogens is 368 g/mol. The monoisotopic (exact) mass is 402 g/mol. The number of fused-ring (bicyclic) bond motifs is 3. The van der Waals surface area contributed by atoms with Gasteiger partial charge in [0.15, 0.2) is 6.29 Å². The SMILES string of the molecule is C=COC1CC2CC1CC21COC(OC2C3CC4(O)CC2CC(OC=C)(C3)C4)C1. The average molecular weight is 403 g/mol. The summed E-state index contributed by atoms with van der Waals surface area (Å²) in [6, 6.07) is 0. The molecule has 0 aromatic heterocycles. The maximum atomic E-state index is 11.1. The second-order valence-electron chi connectivity index (χ2n) is 11.1. The molecule has 7 atom stereocenters. The zero-order chi connectivity index (χ0) is 19.9. The highest BCUT2D eigenvalue weighted by Crippen LogP contribution is 2.63. The molecule has 7 rings (SSSR count). The first-order valence-corrected chi connectivity index (χ1v) is 11.5. The Labute approximate surface area is 173 Å². The summed E-state index contributed by atoms with van der Waals surface area (Å²) < 4.78 is 24.6. The van der Waals surface area contributed by atoms with E-state index >= 15 is 0 Å². The van der Waals surface area contributed by atoms with Gasteiger partial charge in [-0.15, -0.1) is 0 Å². The molecular formula is C24H34O5. The van der Waals surface area contributed by atoms with Gasteiger partial charge in [-0.1, -0.05) is 13.2 Å². The number of hydrogen-bond donors (Lipinski definition) is 1. The zero-order valence-electron chi connectivity index (χ0n) is 17.3. The van der Waals surface area contributed by atoms with Crippen LogP contribution in [-0.2, 0) is 18.9 Å². The minimum absolute atomic E-state index is 0.0958. The van der Waals surface area contributed by atoms with Gasteiger partial charge < -0.3 is 24.1 Å². The van der Waals surface area contributed by atoms with Crippen LogP contribution in [0, 0.1) is 29.1 Å². The molecule has 1 spiro atoms. The van der Waals surface area contributed by atoms with Crippen LogP contribution in [0.3, 0.4) is 0 Å². The molecule has 5 nitrogen and oxygen atoms in total. The largest absolute Gasteiger partial charge is 0.498 e. The van der Waals surface area contributed by atoms with Gasteiger partial charge in [0.2, 0.25) is 0 Å². The van der Waals surface area contributed by atoms with Crippen molar-refractivity contribution >= 4 is 0 Å². The molecule has 7 aliphatic rings. The number of rotatable bonds is 6. The van der Waals surface area contributed by atoms with Gasteiger partial charge >= 0.3 is 0 Å². The fraction of sp³-hybridized carbons (Fsp3) is 0.833. The molecule has 7 unspecified atom stereocenters. The lowest BCUT2D eigenvalue weighted by Crippen LogP contribution is -2.65. The number of aliphatic hydroxyl groups is 1. The Kier molecular flexibility index (Phi) is 4.03. The second-order valence-corrected chi connectivity index (χ2v) is 11.1. The lowest BCUT2D eigenvalue weighted by atomic mass is 9.51. The minimum atomic E-state index is -0.586. The van der Waals surface area contributed by atoms with Gasteiger partial charge in [0.05, 0.1) is 30.8 Å². The van der Waals surface area contributed by atoms with E-state index in [1.165, 1.54) is 12.8 Å². The second kappa shape index (κ2) is 6.24. The van der Waals surface area contributed by atoms with Crippen molar-refractivity contribution in [2.45, 2.75) is 87.5 Å². The molecule has 0 amide bonds. The molecule has 6 aliphatic carbocycles. The average Bonchev–Trinajstić information content (AvgIpc) is 3.32. The highest BCUT2D eigenvalue weighted by Gasteiger charge is 2.64. The molecule has 5 heteroatoms. The smallest absolute Gasteiger partial charge is 0.158 e. The molecule has 0 aromatic rings. The van der Waals surface area contributed by atoms with E-state index in [9.17, 15) is 5.11 Å². The number of ether oxygens (including phenoxy) is 4. The number of hydrogen-bond acceptors (Lipinski definition) is 5. The normalized spacial score (nSPS) is 56.8. The van der Waals surface area contributed by atoms with Crippen molar-refractivity contribution in [1.29, 1.82) is 0 Å². The summed E-state index contributed by atoms with van der Waals surface area (Å²) in [5.74, 6) is 2.04. The van der Waals surface area contributed by atoms with E-state index in [2.05, 4.69) is 13.2 Å². The van der Waals surface area contributed by atoms with Crippen LogP contribution in [0.4, 0.5) is 0 Å². The molecule has 160 valence electrons. The van der Waals surface area contributed by atoms with E-state index in [4.69, 9.17) is 18.9 Å². The van der Waals surface area contributed by atoms with Gasteiger partial charge in [-0.25, -0.2) is 0 Å². The van der Waals surface area contributed by atoms with Crippen molar-refractivity contribution in [2.75, 3.05) is 6.61 Å². The van der Waals surface area contributed by atoms with Gasteiger partial charge in [-0.2, -0.15) is 0 Å². The highest BCUT2D eigenvalue weighted by molar-refractivity contribution is 5.14. The molecule has 0 aromatic carbocycles. The van der Waals surface area contributed by atoms with E-state index < -0.39 is 5.60 Å². The Morgan fingerprint density at radius 3 is 2.38 bits per heavy atom. The first-order valence-electron chi connectivity index (χ1n) is 11.5. The summed E-state index contributed by atoms with van der Waals surface area (Å²) in [5.41, 5.74) is -0.532. The minimum Gasteiger partial charge on any atom is -0.498 e.